The Morgan fingerprint density at radius 3 is 2.38 bits per heavy atom. The van der Waals surface area contributed by atoms with Gasteiger partial charge in [0.2, 0.25) is 0 Å². The average Bonchev–Trinajstić information content (AvgIpc) is 2.28. The van der Waals surface area contributed by atoms with Crippen molar-refractivity contribution >= 4 is 17.1 Å². The molecule has 0 unspecified atom stereocenters. The van der Waals surface area contributed by atoms with Gasteiger partial charge < -0.3 is 5.73 Å². The summed E-state index contributed by atoms with van der Waals surface area (Å²) in [4.78, 5) is 8.40. The number of aromatic nitrogens is 1. The van der Waals surface area contributed by atoms with Crippen molar-refractivity contribution in [3.63, 3.8) is 0 Å². The van der Waals surface area contributed by atoms with Gasteiger partial charge in [-0.05, 0) is 38.5 Å². The summed E-state index contributed by atoms with van der Waals surface area (Å²) in [5.41, 5.74) is 8.48. The number of hydrogen-bond donors (Lipinski definition) is 1. The quantitative estimate of drug-likeness (QED) is 0.773. The minimum absolute atomic E-state index is 0.535. The first-order chi connectivity index (χ1) is 7.59. The molecule has 0 aliphatic heterocycles. The van der Waals surface area contributed by atoms with Crippen LogP contribution in [0, 0.1) is 0 Å². The van der Waals surface area contributed by atoms with Gasteiger partial charge in [0.05, 0.1) is 5.69 Å². The minimum Gasteiger partial charge on any atom is -0.384 e. The van der Waals surface area contributed by atoms with Crippen LogP contribution in [0.5, 0.6) is 0 Å². The molecule has 0 bridgehead atoms. The normalized spacial score (nSPS) is 10.2. The van der Waals surface area contributed by atoms with E-state index in [0.29, 0.717) is 5.82 Å². The number of hydrogen-bond acceptors (Lipinski definition) is 3. The molecule has 3 heteroatoms. The molecule has 0 aromatic carbocycles. The summed E-state index contributed by atoms with van der Waals surface area (Å²) in [6, 6.07) is 5.57. The molecule has 1 rings (SSSR count). The Kier molecular flexibility index (Phi) is 6.84. The fourth-order valence-electron chi connectivity index (χ4n) is 0.963. The van der Waals surface area contributed by atoms with Crippen LogP contribution in [0.3, 0.4) is 0 Å². The molecule has 0 atom stereocenters. The lowest BCUT2D eigenvalue weighted by molar-refractivity contribution is 1.27. The Bertz CT molecular complexity index is 375. The van der Waals surface area contributed by atoms with E-state index in [9.17, 15) is 0 Å². The van der Waals surface area contributed by atoms with Crippen LogP contribution in [0.1, 0.15) is 40.3 Å². The molecular formula is C13H21N3. The van der Waals surface area contributed by atoms with Crippen LogP contribution >= 0.6 is 0 Å². The fraction of sp³-hybridized carbons (Fsp3) is 0.385. The summed E-state index contributed by atoms with van der Waals surface area (Å²) in [6.45, 7) is 9.88. The van der Waals surface area contributed by atoms with Crippen molar-refractivity contribution in [2.45, 2.75) is 34.6 Å². The van der Waals surface area contributed by atoms with Gasteiger partial charge in [-0.3, -0.25) is 4.99 Å². The number of allylic oxidation sites excluding steroid dienone is 1. The predicted molar refractivity (Wildman–Crippen MR) is 72.4 cm³/mol. The van der Waals surface area contributed by atoms with Gasteiger partial charge in [-0.15, -0.1) is 0 Å². The Hall–Kier alpha value is -1.64. The van der Waals surface area contributed by atoms with Crippen LogP contribution in [0.15, 0.2) is 29.4 Å². The first kappa shape index (κ1) is 14.4. The SMILES string of the molecule is CC.CC(C)=N/C=C(\C)c1cccc(N)n1. The van der Waals surface area contributed by atoms with E-state index in [0.717, 1.165) is 17.0 Å². The molecule has 16 heavy (non-hydrogen) atoms. The molecule has 0 aliphatic carbocycles. The van der Waals surface area contributed by atoms with Crippen LogP contribution < -0.4 is 5.73 Å². The lowest BCUT2D eigenvalue weighted by Gasteiger charge is -1.99. The topological polar surface area (TPSA) is 51.3 Å². The Balaban J connectivity index is 0.00000106. The highest BCUT2D eigenvalue weighted by atomic mass is 14.8. The van der Waals surface area contributed by atoms with Gasteiger partial charge in [-0.2, -0.15) is 0 Å². The number of pyridine rings is 1. The Labute approximate surface area is 98.1 Å². The lowest BCUT2D eigenvalue weighted by atomic mass is 10.2. The standard InChI is InChI=1S/C11H15N3.C2H6/c1-8(2)13-7-9(3)10-5-4-6-11(12)14-10;1-2/h4-7H,1-3H3,(H2,12,14);1-2H3/b9-7+;. The van der Waals surface area contributed by atoms with Crippen molar-refractivity contribution in [3.8, 4) is 0 Å². The predicted octanol–water partition coefficient (Wildman–Crippen LogP) is 3.53. The zero-order valence-electron chi connectivity index (χ0n) is 10.8. The fourth-order valence-corrected chi connectivity index (χ4v) is 0.963. The summed E-state index contributed by atoms with van der Waals surface area (Å²) in [5, 5.41) is 0. The largest absolute Gasteiger partial charge is 0.384 e. The summed E-state index contributed by atoms with van der Waals surface area (Å²) in [6.07, 6.45) is 1.80. The third-order valence-corrected chi connectivity index (χ3v) is 1.69. The van der Waals surface area contributed by atoms with E-state index >= 15 is 0 Å². The Morgan fingerprint density at radius 1 is 1.25 bits per heavy atom. The molecule has 0 saturated carbocycles. The maximum Gasteiger partial charge on any atom is 0.124 e. The van der Waals surface area contributed by atoms with Crippen LogP contribution in [0.25, 0.3) is 5.57 Å². The van der Waals surface area contributed by atoms with Gasteiger partial charge >= 0.3 is 0 Å². The highest BCUT2D eigenvalue weighted by molar-refractivity contribution is 5.80. The number of rotatable bonds is 2. The van der Waals surface area contributed by atoms with Crippen LogP contribution in [0.4, 0.5) is 5.82 Å². The zero-order chi connectivity index (χ0) is 12.6. The number of nitrogen functional groups attached to an aromatic ring is 1. The smallest absolute Gasteiger partial charge is 0.124 e. The highest BCUT2D eigenvalue weighted by Crippen LogP contribution is 2.12. The van der Waals surface area contributed by atoms with Gasteiger partial charge in [0.1, 0.15) is 5.82 Å². The molecule has 0 radical (unpaired) electrons. The third kappa shape index (κ3) is 5.29. The lowest BCUT2D eigenvalue weighted by Crippen LogP contribution is -1.92. The van der Waals surface area contributed by atoms with Gasteiger partial charge in [0.15, 0.2) is 0 Å². The van der Waals surface area contributed by atoms with E-state index in [1.54, 1.807) is 12.3 Å². The van der Waals surface area contributed by atoms with Crippen molar-refractivity contribution in [3.05, 3.63) is 30.1 Å². The van der Waals surface area contributed by atoms with Gasteiger partial charge in [-0.1, -0.05) is 19.9 Å². The van der Waals surface area contributed by atoms with Crippen molar-refractivity contribution in [2.24, 2.45) is 4.99 Å². The molecule has 0 saturated heterocycles. The number of anilines is 1. The van der Waals surface area contributed by atoms with Crippen molar-refractivity contribution in [1.82, 2.24) is 4.98 Å². The van der Waals surface area contributed by atoms with Gasteiger partial charge in [-0.25, -0.2) is 4.98 Å². The van der Waals surface area contributed by atoms with E-state index in [1.807, 2.05) is 46.8 Å². The molecule has 0 fully saturated rings. The molecule has 1 heterocycles. The molecular weight excluding hydrogens is 198 g/mol. The molecule has 2 N–H and O–H groups in total. The van der Waals surface area contributed by atoms with E-state index in [-0.39, 0.29) is 0 Å². The average molecular weight is 219 g/mol. The first-order valence-electron chi connectivity index (χ1n) is 5.50. The van der Waals surface area contributed by atoms with Crippen molar-refractivity contribution in [2.75, 3.05) is 5.73 Å². The van der Waals surface area contributed by atoms with Gasteiger partial charge in [0, 0.05) is 11.9 Å². The summed E-state index contributed by atoms with van der Waals surface area (Å²) < 4.78 is 0. The second-order valence-corrected chi connectivity index (χ2v) is 3.34. The van der Waals surface area contributed by atoms with E-state index in [4.69, 9.17) is 5.73 Å². The molecule has 0 aliphatic rings. The number of nitrogens with two attached hydrogens (primary N) is 1. The summed E-state index contributed by atoms with van der Waals surface area (Å²) in [5.74, 6) is 0.535. The van der Waals surface area contributed by atoms with Crippen LogP contribution in [0.2, 0.25) is 0 Å². The maximum atomic E-state index is 5.58. The number of nitrogens with zero attached hydrogens (tertiary/aromatic N) is 2. The van der Waals surface area contributed by atoms with E-state index in [1.165, 1.54) is 0 Å². The minimum atomic E-state index is 0.535. The van der Waals surface area contributed by atoms with E-state index in [2.05, 4.69) is 9.98 Å². The second-order valence-electron chi connectivity index (χ2n) is 3.34. The zero-order valence-corrected chi connectivity index (χ0v) is 10.8. The maximum absolute atomic E-state index is 5.58. The summed E-state index contributed by atoms with van der Waals surface area (Å²) in [7, 11) is 0. The highest BCUT2D eigenvalue weighted by Gasteiger charge is 1.96. The van der Waals surface area contributed by atoms with Gasteiger partial charge in [0.25, 0.3) is 0 Å². The van der Waals surface area contributed by atoms with Crippen molar-refractivity contribution in [1.29, 1.82) is 0 Å². The van der Waals surface area contributed by atoms with Crippen molar-refractivity contribution < 1.29 is 0 Å². The van der Waals surface area contributed by atoms with Crippen LogP contribution in [-0.2, 0) is 0 Å². The molecule has 1 aromatic heterocycles. The molecule has 3 nitrogen and oxygen atoms in total. The summed E-state index contributed by atoms with van der Waals surface area (Å²) >= 11 is 0. The van der Waals surface area contributed by atoms with Crippen LogP contribution in [-0.4, -0.2) is 10.7 Å². The monoisotopic (exact) mass is 219 g/mol. The molecule has 1 aromatic rings. The first-order valence-corrected chi connectivity index (χ1v) is 5.50. The second kappa shape index (κ2) is 7.63. The molecule has 0 spiro atoms. The Morgan fingerprint density at radius 2 is 1.88 bits per heavy atom. The molecule has 0 amide bonds. The van der Waals surface area contributed by atoms with E-state index < -0.39 is 0 Å². The molecule has 88 valence electrons. The third-order valence-electron chi connectivity index (χ3n) is 1.69. The number of aliphatic imine (C=N–C) groups is 1.